The molecule has 11 heteroatoms. The van der Waals surface area contributed by atoms with Crippen LogP contribution in [0.3, 0.4) is 0 Å². The van der Waals surface area contributed by atoms with Crippen LogP contribution in [0.2, 0.25) is 0 Å². The number of rotatable bonds is 10. The van der Waals surface area contributed by atoms with Crippen LogP contribution in [-0.2, 0) is 28.8 Å². The number of hydrogen-bond acceptors (Lipinski definition) is 6. The molecule has 11 nitrogen and oxygen atoms in total. The van der Waals surface area contributed by atoms with Crippen LogP contribution >= 0.6 is 0 Å². The molecule has 0 spiro atoms. The van der Waals surface area contributed by atoms with Crippen LogP contribution in [0.1, 0.15) is 33.6 Å². The van der Waals surface area contributed by atoms with E-state index in [1.54, 1.807) is 0 Å². The Balaban J connectivity index is 2.35. The summed E-state index contributed by atoms with van der Waals surface area (Å²) in [4.78, 5) is 70.3. The van der Waals surface area contributed by atoms with Crippen LogP contribution in [0, 0.1) is 0 Å². The van der Waals surface area contributed by atoms with Crippen molar-refractivity contribution in [2.24, 2.45) is 0 Å². The maximum absolute atomic E-state index is 12.1. The summed E-state index contributed by atoms with van der Waals surface area (Å²) in [5.74, 6) is -3.80. The van der Waals surface area contributed by atoms with Gasteiger partial charge < -0.3 is 21.1 Å². The van der Waals surface area contributed by atoms with Crippen LogP contribution in [0.4, 0.5) is 0 Å². The molecule has 0 fully saturated rings. The van der Waals surface area contributed by atoms with Gasteiger partial charge in [-0.15, -0.1) is 0 Å². The average molecular weight is 396 g/mol. The van der Waals surface area contributed by atoms with E-state index in [4.69, 9.17) is 5.11 Å². The third-order valence-corrected chi connectivity index (χ3v) is 3.94. The van der Waals surface area contributed by atoms with Crippen molar-refractivity contribution in [1.29, 1.82) is 0 Å². The van der Waals surface area contributed by atoms with Crippen LogP contribution in [0.5, 0.6) is 0 Å². The first-order chi connectivity index (χ1) is 13.0. The van der Waals surface area contributed by atoms with Crippen molar-refractivity contribution in [2.45, 2.75) is 51.7 Å². The average Bonchev–Trinajstić information content (AvgIpc) is 2.93. The molecule has 0 aliphatic carbocycles. The molecule has 0 bridgehead atoms. The second-order valence-corrected chi connectivity index (χ2v) is 6.35. The van der Waals surface area contributed by atoms with Gasteiger partial charge >= 0.3 is 5.97 Å². The third kappa shape index (κ3) is 6.82. The lowest BCUT2D eigenvalue weighted by molar-refractivity contribution is -0.141. The van der Waals surface area contributed by atoms with E-state index in [2.05, 4.69) is 16.0 Å². The molecular weight excluding hydrogens is 372 g/mol. The van der Waals surface area contributed by atoms with Crippen molar-refractivity contribution < 1.29 is 33.9 Å². The summed E-state index contributed by atoms with van der Waals surface area (Å²) in [7, 11) is 0. The molecule has 154 valence electrons. The Kier molecular flexibility index (Phi) is 8.29. The van der Waals surface area contributed by atoms with Gasteiger partial charge in [-0.1, -0.05) is 0 Å². The Morgan fingerprint density at radius 2 is 1.36 bits per heavy atom. The highest BCUT2D eigenvalue weighted by Crippen LogP contribution is 2.05. The zero-order valence-electron chi connectivity index (χ0n) is 15.9. The van der Waals surface area contributed by atoms with Crippen LogP contribution < -0.4 is 16.0 Å². The lowest BCUT2D eigenvalue weighted by Gasteiger charge is -2.19. The summed E-state index contributed by atoms with van der Waals surface area (Å²) in [6, 6.07) is -3.03. The standard InChI is InChI=1S/C17H24N4O7/c1-9(15(25)19-10(2)16(26)20-11(3)17(27)28)18-12(22)5-4-8-21-13(23)6-7-14(21)24/h6-7,9-11H,4-5,8H2,1-3H3,(H,18,22)(H,19,25)(H,20,26)(H,27,28). The van der Waals surface area contributed by atoms with E-state index >= 15 is 0 Å². The van der Waals surface area contributed by atoms with Gasteiger partial charge in [-0.05, 0) is 27.2 Å². The third-order valence-electron chi connectivity index (χ3n) is 3.94. The number of carbonyl (C=O) groups is 6. The number of carboxylic acid groups (broad SMARTS) is 1. The smallest absolute Gasteiger partial charge is 0.325 e. The van der Waals surface area contributed by atoms with Gasteiger partial charge in [0.25, 0.3) is 11.8 Å². The van der Waals surface area contributed by atoms with E-state index in [1.807, 2.05) is 0 Å². The van der Waals surface area contributed by atoms with Crippen LogP contribution in [0.25, 0.3) is 0 Å². The Morgan fingerprint density at radius 1 is 0.893 bits per heavy atom. The number of carboxylic acids is 1. The predicted octanol–water partition coefficient (Wildman–Crippen LogP) is -1.71. The molecule has 3 unspecified atom stereocenters. The van der Waals surface area contributed by atoms with Gasteiger partial charge in [0.1, 0.15) is 18.1 Å². The zero-order valence-corrected chi connectivity index (χ0v) is 15.9. The molecule has 0 aromatic rings. The van der Waals surface area contributed by atoms with E-state index in [0.717, 1.165) is 17.1 Å². The van der Waals surface area contributed by atoms with Gasteiger partial charge in [0.2, 0.25) is 17.7 Å². The minimum Gasteiger partial charge on any atom is -0.480 e. The summed E-state index contributed by atoms with van der Waals surface area (Å²) in [5.41, 5.74) is 0. The van der Waals surface area contributed by atoms with E-state index in [0.29, 0.717) is 0 Å². The summed E-state index contributed by atoms with van der Waals surface area (Å²) >= 11 is 0. The molecule has 0 saturated carbocycles. The number of aliphatic carboxylic acids is 1. The molecule has 1 rings (SSSR count). The van der Waals surface area contributed by atoms with Gasteiger partial charge in [0.05, 0.1) is 0 Å². The molecule has 0 radical (unpaired) electrons. The first-order valence-corrected chi connectivity index (χ1v) is 8.69. The minimum atomic E-state index is -1.21. The maximum atomic E-state index is 12.1. The molecule has 1 aliphatic rings. The lowest BCUT2D eigenvalue weighted by atomic mass is 10.2. The zero-order chi connectivity index (χ0) is 21.4. The molecule has 5 amide bonds. The summed E-state index contributed by atoms with van der Waals surface area (Å²) in [5, 5.41) is 15.8. The molecule has 1 heterocycles. The first-order valence-electron chi connectivity index (χ1n) is 8.69. The topological polar surface area (TPSA) is 162 Å². The Bertz CT molecular complexity index is 686. The van der Waals surface area contributed by atoms with Crippen molar-refractivity contribution >= 4 is 35.5 Å². The number of nitrogens with zero attached hydrogens (tertiary/aromatic N) is 1. The molecule has 1 aliphatic heterocycles. The fraction of sp³-hybridized carbons (Fsp3) is 0.529. The van der Waals surface area contributed by atoms with Crippen molar-refractivity contribution in [3.8, 4) is 0 Å². The summed E-state index contributed by atoms with van der Waals surface area (Å²) in [6.07, 6.45) is 2.55. The van der Waals surface area contributed by atoms with Gasteiger partial charge in [-0.2, -0.15) is 0 Å². The fourth-order valence-corrected chi connectivity index (χ4v) is 2.23. The van der Waals surface area contributed by atoms with Crippen LogP contribution in [-0.4, -0.2) is 70.2 Å². The highest BCUT2D eigenvalue weighted by atomic mass is 16.4. The van der Waals surface area contributed by atoms with Gasteiger partial charge in [-0.3, -0.25) is 33.7 Å². The van der Waals surface area contributed by atoms with E-state index in [9.17, 15) is 28.8 Å². The van der Waals surface area contributed by atoms with Crippen molar-refractivity contribution in [3.05, 3.63) is 12.2 Å². The fourth-order valence-electron chi connectivity index (χ4n) is 2.23. The van der Waals surface area contributed by atoms with E-state index in [1.165, 1.54) is 20.8 Å². The highest BCUT2D eigenvalue weighted by molar-refractivity contribution is 6.12. The normalized spacial score (nSPS) is 16.3. The summed E-state index contributed by atoms with van der Waals surface area (Å²) in [6.45, 7) is 4.19. The Hall–Kier alpha value is -3.24. The van der Waals surface area contributed by atoms with E-state index in [-0.39, 0.29) is 19.4 Å². The van der Waals surface area contributed by atoms with Crippen molar-refractivity contribution in [3.63, 3.8) is 0 Å². The van der Waals surface area contributed by atoms with Crippen molar-refractivity contribution in [2.75, 3.05) is 6.54 Å². The van der Waals surface area contributed by atoms with Gasteiger partial charge in [0, 0.05) is 25.1 Å². The van der Waals surface area contributed by atoms with Gasteiger partial charge in [0.15, 0.2) is 0 Å². The number of imide groups is 1. The maximum Gasteiger partial charge on any atom is 0.325 e. The van der Waals surface area contributed by atoms with Crippen LogP contribution in [0.15, 0.2) is 12.2 Å². The highest BCUT2D eigenvalue weighted by Gasteiger charge is 2.25. The van der Waals surface area contributed by atoms with Gasteiger partial charge in [-0.25, -0.2) is 0 Å². The minimum absolute atomic E-state index is 0.000839. The molecule has 0 aromatic heterocycles. The summed E-state index contributed by atoms with van der Waals surface area (Å²) < 4.78 is 0. The molecule has 28 heavy (non-hydrogen) atoms. The molecular formula is C17H24N4O7. The second kappa shape index (κ2) is 10.2. The molecule has 3 atom stereocenters. The van der Waals surface area contributed by atoms with E-state index < -0.39 is 53.6 Å². The lowest BCUT2D eigenvalue weighted by Crippen LogP contribution is -2.53. The predicted molar refractivity (Wildman–Crippen MR) is 95.5 cm³/mol. The number of nitrogens with one attached hydrogen (secondary N) is 3. The number of amides is 5. The Morgan fingerprint density at radius 3 is 1.86 bits per heavy atom. The number of carbonyl (C=O) groups excluding carboxylic acids is 5. The molecule has 4 N–H and O–H groups in total. The monoisotopic (exact) mass is 396 g/mol. The first kappa shape index (κ1) is 22.8. The second-order valence-electron chi connectivity index (χ2n) is 6.35. The molecule has 0 aromatic carbocycles. The number of hydrogen-bond donors (Lipinski definition) is 4. The molecule has 0 saturated heterocycles. The SMILES string of the molecule is CC(NC(=O)C(C)NC(=O)C(C)NC(=O)CCCN1C(=O)C=CC1=O)C(=O)O. The quantitative estimate of drug-likeness (QED) is 0.320. The Labute approximate surface area is 161 Å². The van der Waals surface area contributed by atoms with Crippen molar-refractivity contribution in [1.82, 2.24) is 20.9 Å². The largest absolute Gasteiger partial charge is 0.480 e.